The zero-order valence-electron chi connectivity index (χ0n) is 18.0. The molecule has 1 atom stereocenters. The van der Waals surface area contributed by atoms with Crippen molar-refractivity contribution in [1.29, 1.82) is 0 Å². The summed E-state index contributed by atoms with van der Waals surface area (Å²) in [4.78, 5) is 33.1. The Balaban J connectivity index is 1.63. The number of amides is 1. The lowest BCUT2D eigenvalue weighted by Gasteiger charge is -2.28. The van der Waals surface area contributed by atoms with E-state index in [0.717, 1.165) is 5.56 Å². The molecular formula is C24H19N7O3. The van der Waals surface area contributed by atoms with E-state index in [9.17, 15) is 14.9 Å². The molecule has 0 aliphatic carbocycles. The number of nitro groups is 1. The SMILES string of the molecule is CC1=C(C(=O)Nc2ccccc2)C(c2cccc([N+](=O)[O-])c2)n2nc(-c3ccncc3)nc2N1. The van der Waals surface area contributed by atoms with E-state index in [1.807, 2.05) is 18.2 Å². The fraction of sp³-hybridized carbons (Fsp3) is 0.0833. The topological polar surface area (TPSA) is 128 Å². The maximum Gasteiger partial charge on any atom is 0.269 e. The number of non-ortho nitro benzene ring substituents is 1. The number of pyridine rings is 1. The summed E-state index contributed by atoms with van der Waals surface area (Å²) in [5, 5.41) is 22.2. The van der Waals surface area contributed by atoms with Crippen molar-refractivity contribution >= 4 is 23.2 Å². The Morgan fingerprint density at radius 2 is 1.85 bits per heavy atom. The van der Waals surface area contributed by atoms with Crippen LogP contribution in [0.25, 0.3) is 11.4 Å². The van der Waals surface area contributed by atoms with Gasteiger partial charge in [-0.2, -0.15) is 4.98 Å². The highest BCUT2D eigenvalue weighted by molar-refractivity contribution is 6.06. The summed E-state index contributed by atoms with van der Waals surface area (Å²) in [6.07, 6.45) is 3.28. The third-order valence-electron chi connectivity index (χ3n) is 5.46. The van der Waals surface area contributed by atoms with Crippen LogP contribution in [0.4, 0.5) is 17.3 Å². The normalized spacial score (nSPS) is 14.8. The van der Waals surface area contributed by atoms with Crippen molar-refractivity contribution < 1.29 is 9.72 Å². The van der Waals surface area contributed by atoms with Gasteiger partial charge in [-0.3, -0.25) is 19.9 Å². The minimum atomic E-state index is -0.733. The number of nitrogens with zero attached hydrogens (tertiary/aromatic N) is 5. The molecule has 0 spiro atoms. The van der Waals surface area contributed by atoms with Gasteiger partial charge in [-0.15, -0.1) is 5.10 Å². The Morgan fingerprint density at radius 3 is 2.59 bits per heavy atom. The number of allylic oxidation sites excluding steroid dienone is 1. The van der Waals surface area contributed by atoms with Crippen LogP contribution >= 0.6 is 0 Å². The molecule has 10 heteroatoms. The number of hydrogen-bond donors (Lipinski definition) is 2. The first-order chi connectivity index (χ1) is 16.5. The maximum absolute atomic E-state index is 13.5. The molecule has 2 N–H and O–H groups in total. The van der Waals surface area contributed by atoms with Crippen LogP contribution in [0.15, 0.2) is 90.4 Å². The molecule has 10 nitrogen and oxygen atoms in total. The number of nitrogens with one attached hydrogen (secondary N) is 2. The monoisotopic (exact) mass is 453 g/mol. The van der Waals surface area contributed by atoms with Crippen LogP contribution in [0.5, 0.6) is 0 Å². The number of anilines is 2. The smallest absolute Gasteiger partial charge is 0.269 e. The van der Waals surface area contributed by atoms with Gasteiger partial charge in [0.15, 0.2) is 5.82 Å². The van der Waals surface area contributed by atoms with E-state index >= 15 is 0 Å². The van der Waals surface area contributed by atoms with Crippen LogP contribution in [0.1, 0.15) is 18.5 Å². The van der Waals surface area contributed by atoms with Gasteiger partial charge in [0.2, 0.25) is 5.95 Å². The molecule has 1 amide bonds. The lowest BCUT2D eigenvalue weighted by molar-refractivity contribution is -0.384. The van der Waals surface area contributed by atoms with E-state index in [0.29, 0.717) is 34.3 Å². The summed E-state index contributed by atoms with van der Waals surface area (Å²) in [6, 6.07) is 18.1. The summed E-state index contributed by atoms with van der Waals surface area (Å²) in [7, 11) is 0. The van der Waals surface area contributed by atoms with Gasteiger partial charge in [0, 0.05) is 41.5 Å². The number of carbonyl (C=O) groups excluding carboxylic acids is 1. The van der Waals surface area contributed by atoms with Gasteiger partial charge < -0.3 is 10.6 Å². The molecule has 2 aromatic heterocycles. The van der Waals surface area contributed by atoms with Gasteiger partial charge in [-0.05, 0) is 36.8 Å². The molecule has 0 saturated heterocycles. The number of benzene rings is 2. The van der Waals surface area contributed by atoms with E-state index in [1.54, 1.807) is 60.4 Å². The number of para-hydroxylation sites is 1. The number of fused-ring (bicyclic) bond motifs is 1. The Morgan fingerprint density at radius 1 is 1.09 bits per heavy atom. The molecule has 4 aromatic rings. The molecule has 1 aliphatic heterocycles. The highest BCUT2D eigenvalue weighted by Gasteiger charge is 2.35. The van der Waals surface area contributed by atoms with E-state index in [4.69, 9.17) is 0 Å². The molecule has 168 valence electrons. The number of nitro benzene ring substituents is 1. The molecule has 1 unspecified atom stereocenters. The lowest BCUT2D eigenvalue weighted by Crippen LogP contribution is -2.31. The second-order valence-electron chi connectivity index (χ2n) is 7.68. The Bertz CT molecular complexity index is 1420. The molecule has 3 heterocycles. The first-order valence-electron chi connectivity index (χ1n) is 10.5. The van der Waals surface area contributed by atoms with Crippen molar-refractivity contribution in [2.45, 2.75) is 13.0 Å². The molecule has 1 aliphatic rings. The van der Waals surface area contributed by atoms with Crippen LogP contribution in [0, 0.1) is 10.1 Å². The molecule has 0 bridgehead atoms. The van der Waals surface area contributed by atoms with Crippen LogP contribution in [-0.2, 0) is 4.79 Å². The van der Waals surface area contributed by atoms with E-state index in [1.165, 1.54) is 12.1 Å². The average molecular weight is 453 g/mol. The second kappa shape index (κ2) is 8.58. The summed E-state index contributed by atoms with van der Waals surface area (Å²) in [5.74, 6) is 0.522. The fourth-order valence-electron chi connectivity index (χ4n) is 3.90. The first-order valence-corrected chi connectivity index (χ1v) is 10.5. The summed E-state index contributed by atoms with van der Waals surface area (Å²) in [6.45, 7) is 1.77. The van der Waals surface area contributed by atoms with Gasteiger partial charge in [0.25, 0.3) is 11.6 Å². The van der Waals surface area contributed by atoms with Gasteiger partial charge >= 0.3 is 0 Å². The average Bonchev–Trinajstić information content (AvgIpc) is 3.28. The third kappa shape index (κ3) is 3.88. The number of rotatable bonds is 5. The summed E-state index contributed by atoms with van der Waals surface area (Å²) < 4.78 is 1.59. The van der Waals surface area contributed by atoms with Crippen molar-refractivity contribution in [1.82, 2.24) is 19.7 Å². The quantitative estimate of drug-likeness (QED) is 0.343. The Labute approximate surface area is 194 Å². The van der Waals surface area contributed by atoms with Gasteiger partial charge in [0.05, 0.1) is 10.5 Å². The summed E-state index contributed by atoms with van der Waals surface area (Å²) >= 11 is 0. The van der Waals surface area contributed by atoms with Crippen LogP contribution < -0.4 is 10.6 Å². The van der Waals surface area contributed by atoms with Crippen molar-refractivity contribution in [2.24, 2.45) is 0 Å². The largest absolute Gasteiger partial charge is 0.328 e. The van der Waals surface area contributed by atoms with E-state index in [2.05, 4.69) is 25.7 Å². The van der Waals surface area contributed by atoms with Gasteiger partial charge in [0.1, 0.15) is 6.04 Å². The highest BCUT2D eigenvalue weighted by atomic mass is 16.6. The third-order valence-corrected chi connectivity index (χ3v) is 5.46. The summed E-state index contributed by atoms with van der Waals surface area (Å²) in [5.41, 5.74) is 2.80. The highest BCUT2D eigenvalue weighted by Crippen LogP contribution is 2.37. The molecule has 5 rings (SSSR count). The number of aromatic nitrogens is 4. The standard InChI is InChI=1S/C24H19N7O3/c1-15-20(23(32)27-18-7-3-2-4-8-18)21(17-6-5-9-19(14-17)31(33)34)30-24(26-15)28-22(29-30)16-10-12-25-13-11-16/h2-14,21H,1H3,(H,27,32)(H,26,28,29). The predicted octanol–water partition coefficient (Wildman–Crippen LogP) is 4.18. The molecular weight excluding hydrogens is 434 g/mol. The number of hydrogen-bond acceptors (Lipinski definition) is 7. The van der Waals surface area contributed by atoms with Gasteiger partial charge in [-0.1, -0.05) is 30.3 Å². The maximum atomic E-state index is 13.5. The van der Waals surface area contributed by atoms with Gasteiger partial charge in [-0.25, -0.2) is 4.68 Å². The first kappa shape index (κ1) is 21.0. The Hall–Kier alpha value is -4.86. The zero-order valence-corrected chi connectivity index (χ0v) is 18.0. The predicted molar refractivity (Wildman–Crippen MR) is 126 cm³/mol. The van der Waals surface area contributed by atoms with Crippen LogP contribution in [-0.4, -0.2) is 30.6 Å². The molecule has 2 aromatic carbocycles. The minimum Gasteiger partial charge on any atom is -0.328 e. The fourth-order valence-corrected chi connectivity index (χ4v) is 3.90. The molecule has 0 saturated carbocycles. The minimum absolute atomic E-state index is 0.0764. The number of carbonyl (C=O) groups is 1. The van der Waals surface area contributed by atoms with Crippen molar-refractivity contribution in [3.63, 3.8) is 0 Å². The molecule has 0 fully saturated rings. The molecule has 34 heavy (non-hydrogen) atoms. The van der Waals surface area contributed by atoms with E-state index < -0.39 is 11.0 Å². The van der Waals surface area contributed by atoms with Crippen molar-refractivity contribution in [3.05, 3.63) is 106 Å². The lowest BCUT2D eigenvalue weighted by atomic mass is 9.94. The Kier molecular flexibility index (Phi) is 5.30. The second-order valence-corrected chi connectivity index (χ2v) is 7.68. The van der Waals surface area contributed by atoms with Crippen molar-refractivity contribution in [2.75, 3.05) is 10.6 Å². The van der Waals surface area contributed by atoms with E-state index in [-0.39, 0.29) is 11.6 Å². The van der Waals surface area contributed by atoms with Crippen LogP contribution in [0.3, 0.4) is 0 Å². The van der Waals surface area contributed by atoms with Crippen molar-refractivity contribution in [3.8, 4) is 11.4 Å². The molecule has 0 radical (unpaired) electrons. The van der Waals surface area contributed by atoms with Crippen LogP contribution in [0.2, 0.25) is 0 Å². The zero-order chi connectivity index (χ0) is 23.7.